The molecule has 20 heteroatoms. The Hall–Kier alpha value is -4.91. The highest BCUT2D eigenvalue weighted by Crippen LogP contribution is 2.42. The minimum atomic E-state index is -5.42. The summed E-state index contributed by atoms with van der Waals surface area (Å²) in [5, 5.41) is 25.3. The van der Waals surface area contributed by atoms with Crippen molar-refractivity contribution in [1.29, 1.82) is 5.41 Å². The van der Waals surface area contributed by atoms with E-state index >= 15 is 0 Å². The van der Waals surface area contributed by atoms with Crippen LogP contribution in [0, 0.1) is 24.0 Å². The van der Waals surface area contributed by atoms with E-state index in [-0.39, 0.29) is 49.8 Å². The van der Waals surface area contributed by atoms with Crippen molar-refractivity contribution in [3.63, 3.8) is 0 Å². The molecule has 0 saturated heterocycles. The lowest BCUT2D eigenvalue weighted by Gasteiger charge is -2.24. The number of anilines is 1. The minimum Gasteiger partial charge on any atom is -0.388 e. The van der Waals surface area contributed by atoms with Gasteiger partial charge in [0.15, 0.2) is 5.82 Å². The Balaban J connectivity index is 1.60. The van der Waals surface area contributed by atoms with E-state index < -0.39 is 90.9 Å². The van der Waals surface area contributed by atoms with Crippen molar-refractivity contribution >= 4 is 39.9 Å². The van der Waals surface area contributed by atoms with E-state index in [1.807, 2.05) is 5.32 Å². The zero-order valence-electron chi connectivity index (χ0n) is 26.5. The second kappa shape index (κ2) is 13.9. The van der Waals surface area contributed by atoms with Gasteiger partial charge in [0.2, 0.25) is 5.91 Å². The number of hydrogen-bond acceptors (Lipinski definition) is 7. The number of pyridine rings is 1. The SMILES string of the molecule is Cc1ccc(-c2ccc(Cl)c3c(N)nn(CC(F)(F)F)c23)c([C@H](Cc2cc(F)cc(F)c2)NC(=O)CNC2=C(C(=N)C(F)(F)F)C(O)CC2(F)F)n1. The van der Waals surface area contributed by atoms with Crippen molar-refractivity contribution in [2.24, 2.45) is 0 Å². The molecule has 0 spiro atoms. The highest BCUT2D eigenvalue weighted by Gasteiger charge is 2.52. The van der Waals surface area contributed by atoms with Crippen LogP contribution in [0.4, 0.5) is 49.7 Å². The maximum absolute atomic E-state index is 14.7. The van der Waals surface area contributed by atoms with E-state index in [0.29, 0.717) is 10.7 Å². The molecule has 0 saturated carbocycles. The van der Waals surface area contributed by atoms with Crippen LogP contribution in [0.5, 0.6) is 0 Å². The molecule has 4 aromatic rings. The molecule has 1 aliphatic rings. The van der Waals surface area contributed by atoms with Gasteiger partial charge >= 0.3 is 12.4 Å². The van der Waals surface area contributed by atoms with E-state index in [2.05, 4.69) is 15.4 Å². The van der Waals surface area contributed by atoms with E-state index in [0.717, 1.165) is 12.1 Å². The minimum absolute atomic E-state index is 0.0261. The summed E-state index contributed by atoms with van der Waals surface area (Å²) in [5.41, 5.74) is 0.751. The van der Waals surface area contributed by atoms with Gasteiger partial charge in [0, 0.05) is 34.9 Å². The van der Waals surface area contributed by atoms with E-state index in [4.69, 9.17) is 22.7 Å². The number of carbonyl (C=O) groups excluding carboxylic acids is 1. The van der Waals surface area contributed by atoms with Crippen LogP contribution in [0.25, 0.3) is 22.0 Å². The summed E-state index contributed by atoms with van der Waals surface area (Å²) in [6.45, 7) is -1.24. The van der Waals surface area contributed by atoms with Crippen LogP contribution in [0.3, 0.4) is 0 Å². The number of nitrogens with two attached hydrogens (primary N) is 1. The fraction of sp³-hybridized carbons (Fsp3) is 0.312. The van der Waals surface area contributed by atoms with Gasteiger partial charge in [0.05, 0.1) is 46.0 Å². The van der Waals surface area contributed by atoms with Gasteiger partial charge in [0.25, 0.3) is 5.92 Å². The number of halogens is 11. The fourth-order valence-corrected chi connectivity index (χ4v) is 6.20. The van der Waals surface area contributed by atoms with Crippen LogP contribution in [0.1, 0.15) is 29.4 Å². The Labute approximate surface area is 292 Å². The molecular formula is C32H26ClF10N7O2. The molecule has 1 aliphatic carbocycles. The number of hydrogen-bond donors (Lipinski definition) is 5. The zero-order valence-corrected chi connectivity index (χ0v) is 27.2. The van der Waals surface area contributed by atoms with Crippen molar-refractivity contribution in [2.45, 2.75) is 56.7 Å². The van der Waals surface area contributed by atoms with Crippen LogP contribution in [-0.2, 0) is 17.8 Å². The van der Waals surface area contributed by atoms with E-state index in [9.17, 15) is 53.8 Å². The molecule has 2 aromatic heterocycles. The Morgan fingerprint density at radius 2 is 1.73 bits per heavy atom. The lowest BCUT2D eigenvalue weighted by molar-refractivity contribution is -0.141. The van der Waals surface area contributed by atoms with Crippen molar-refractivity contribution in [1.82, 2.24) is 25.4 Å². The maximum Gasteiger partial charge on any atom is 0.433 e. The Bertz CT molecular complexity index is 2080. The van der Waals surface area contributed by atoms with E-state index in [1.54, 1.807) is 0 Å². The number of nitrogens with one attached hydrogen (secondary N) is 3. The molecule has 9 nitrogen and oxygen atoms in total. The molecule has 0 fully saturated rings. The zero-order chi connectivity index (χ0) is 38.5. The summed E-state index contributed by atoms with van der Waals surface area (Å²) >= 11 is 6.30. The lowest BCUT2D eigenvalue weighted by Crippen LogP contribution is -2.40. The average molecular weight is 766 g/mol. The van der Waals surface area contributed by atoms with Gasteiger partial charge in [-0.25, -0.2) is 8.78 Å². The summed E-state index contributed by atoms with van der Waals surface area (Å²) in [7, 11) is 0. The number of aryl methyl sites for hydroxylation is 1. The number of alkyl halides is 8. The largest absolute Gasteiger partial charge is 0.433 e. The predicted molar refractivity (Wildman–Crippen MR) is 169 cm³/mol. The highest BCUT2D eigenvalue weighted by molar-refractivity contribution is 6.37. The molecule has 6 N–H and O–H groups in total. The van der Waals surface area contributed by atoms with Crippen molar-refractivity contribution < 1.29 is 53.8 Å². The number of fused-ring (bicyclic) bond motifs is 1. The number of aliphatic hydroxyl groups is 1. The Morgan fingerprint density at radius 1 is 1.10 bits per heavy atom. The molecule has 0 aliphatic heterocycles. The third-order valence-corrected chi connectivity index (χ3v) is 8.29. The summed E-state index contributed by atoms with van der Waals surface area (Å²) in [6, 6.07) is 6.49. The van der Waals surface area contributed by atoms with Crippen LogP contribution < -0.4 is 16.4 Å². The molecule has 1 unspecified atom stereocenters. The van der Waals surface area contributed by atoms with Gasteiger partial charge < -0.3 is 21.5 Å². The first-order valence-electron chi connectivity index (χ1n) is 15.0. The normalized spacial score (nSPS) is 16.8. The van der Waals surface area contributed by atoms with Gasteiger partial charge in [-0.1, -0.05) is 23.7 Å². The number of benzene rings is 2. The Morgan fingerprint density at radius 3 is 2.35 bits per heavy atom. The first kappa shape index (κ1) is 38.3. The quantitative estimate of drug-likeness (QED) is 0.0899. The number of aliphatic hydroxyl groups excluding tert-OH is 1. The van der Waals surface area contributed by atoms with Crippen LogP contribution in [-0.4, -0.2) is 62.4 Å². The number of allylic oxidation sites excluding steroid dienone is 1. The van der Waals surface area contributed by atoms with Gasteiger partial charge in [-0.05, 0) is 43.2 Å². The number of amides is 1. The summed E-state index contributed by atoms with van der Waals surface area (Å²) in [6.07, 6.45) is -14.5. The first-order valence-corrected chi connectivity index (χ1v) is 15.4. The number of aromatic nitrogens is 3. The average Bonchev–Trinajstić information content (AvgIpc) is 3.44. The maximum atomic E-state index is 14.7. The first-order chi connectivity index (χ1) is 24.1. The second-order valence-corrected chi connectivity index (χ2v) is 12.3. The third-order valence-electron chi connectivity index (χ3n) is 7.98. The molecule has 1 amide bonds. The van der Waals surface area contributed by atoms with Gasteiger partial charge in [-0.2, -0.15) is 40.2 Å². The van der Waals surface area contributed by atoms with Gasteiger partial charge in [-0.15, -0.1) is 0 Å². The molecule has 2 heterocycles. The molecule has 5 rings (SSSR count). The van der Waals surface area contributed by atoms with Gasteiger partial charge in [0.1, 0.15) is 23.9 Å². The van der Waals surface area contributed by atoms with Crippen molar-refractivity contribution in [2.75, 3.05) is 12.3 Å². The molecule has 0 bridgehead atoms. The van der Waals surface area contributed by atoms with Crippen LogP contribution in [0.2, 0.25) is 5.02 Å². The monoisotopic (exact) mass is 765 g/mol. The third kappa shape index (κ3) is 8.09. The number of carbonyl (C=O) groups is 1. The summed E-state index contributed by atoms with van der Waals surface area (Å²) in [5.74, 6) is -7.65. The van der Waals surface area contributed by atoms with Crippen molar-refractivity contribution in [3.8, 4) is 11.1 Å². The lowest BCUT2D eigenvalue weighted by atomic mass is 9.93. The summed E-state index contributed by atoms with van der Waals surface area (Å²) in [4.78, 5) is 17.8. The molecule has 278 valence electrons. The molecule has 2 aromatic carbocycles. The smallest absolute Gasteiger partial charge is 0.388 e. The van der Waals surface area contributed by atoms with Crippen LogP contribution in [0.15, 0.2) is 53.7 Å². The van der Waals surface area contributed by atoms with Crippen molar-refractivity contribution in [3.05, 3.63) is 87.3 Å². The number of nitrogen functional groups attached to an aromatic ring is 1. The van der Waals surface area contributed by atoms with Crippen LogP contribution >= 0.6 is 11.6 Å². The summed E-state index contributed by atoms with van der Waals surface area (Å²) < 4.78 is 139. The molecule has 52 heavy (non-hydrogen) atoms. The van der Waals surface area contributed by atoms with Gasteiger partial charge in [-0.3, -0.25) is 19.9 Å². The predicted octanol–water partition coefficient (Wildman–Crippen LogP) is 6.71. The number of nitrogens with zero attached hydrogens (tertiary/aromatic N) is 3. The fourth-order valence-electron chi connectivity index (χ4n) is 5.95. The highest BCUT2D eigenvalue weighted by atomic mass is 35.5. The standard InChI is InChI=1S/C32H26ClF10N7O2/c1-13-2-3-17(18-4-5-19(33)23-26(18)50(49-29(23)45)12-31(38,39)40)25(47-13)20(8-14-6-15(34)9-16(35)7-14)48-22(52)11-46-28-24(27(44)32(41,42)43)21(51)10-30(28,36)37/h2-7,9,20-21,44,46,51H,8,10-12H2,1H3,(H2,45,49)(H,48,52)/t20-,21?/m0/s1. The Kier molecular flexibility index (Phi) is 10.2. The molecule has 2 atom stereocenters. The molecular weight excluding hydrogens is 740 g/mol. The number of rotatable bonds is 10. The topological polar surface area (TPSA) is 142 Å². The second-order valence-electron chi connectivity index (χ2n) is 11.9. The molecule has 0 radical (unpaired) electrons. The van der Waals surface area contributed by atoms with E-state index in [1.165, 1.54) is 31.2 Å².